The number of benzene rings is 3. The number of hydrogen-bond donors (Lipinski definition) is 2. The average molecular weight is 479 g/mol. The van der Waals surface area contributed by atoms with E-state index in [9.17, 15) is 18.8 Å². The van der Waals surface area contributed by atoms with E-state index >= 15 is 0 Å². The molecule has 0 aliphatic rings. The molecule has 2 N–H and O–H groups in total. The van der Waals surface area contributed by atoms with Crippen molar-refractivity contribution in [3.05, 3.63) is 89.2 Å². The second-order valence-electron chi connectivity index (χ2n) is 7.01. The van der Waals surface area contributed by atoms with E-state index in [1.54, 1.807) is 36.4 Å². The number of hydrazone groups is 1. The van der Waals surface area contributed by atoms with Gasteiger partial charge in [0.15, 0.2) is 11.5 Å². The van der Waals surface area contributed by atoms with Crippen LogP contribution in [0.25, 0.3) is 0 Å². The van der Waals surface area contributed by atoms with Crippen LogP contribution in [0.4, 0.5) is 4.39 Å². The predicted molar refractivity (Wildman–Crippen MR) is 125 cm³/mol. The van der Waals surface area contributed by atoms with Crippen LogP contribution < -0.4 is 25.0 Å². The summed E-state index contributed by atoms with van der Waals surface area (Å²) in [6, 6.07) is 16.1. The molecule has 3 aromatic carbocycles. The number of nitrogens with one attached hydrogen (secondary N) is 2. The standard InChI is InChI=1S/C25H22FN3O6/c1-33-21-12-7-18(13-22(21)34-2)25(32)35-20-10-3-16(4-11-20)14-28-29-23(30)15-27-24(31)17-5-8-19(26)9-6-17/h3-14H,15H2,1-2H3,(H,27,31)(H,29,30)/b28-14-. The van der Waals surface area contributed by atoms with E-state index in [0.717, 1.165) is 12.1 Å². The lowest BCUT2D eigenvalue weighted by molar-refractivity contribution is -0.120. The third kappa shape index (κ3) is 7.13. The van der Waals surface area contributed by atoms with E-state index in [1.165, 1.54) is 38.6 Å². The molecule has 35 heavy (non-hydrogen) atoms. The van der Waals surface area contributed by atoms with E-state index in [2.05, 4.69) is 15.8 Å². The van der Waals surface area contributed by atoms with Crippen molar-refractivity contribution >= 4 is 24.0 Å². The minimum atomic E-state index is -0.567. The molecule has 0 fully saturated rings. The fraction of sp³-hybridized carbons (Fsp3) is 0.120. The van der Waals surface area contributed by atoms with Crippen molar-refractivity contribution in [1.82, 2.24) is 10.7 Å². The van der Waals surface area contributed by atoms with Crippen molar-refractivity contribution in [2.24, 2.45) is 5.10 Å². The Hall–Kier alpha value is -4.73. The summed E-state index contributed by atoms with van der Waals surface area (Å²) in [7, 11) is 2.97. The Balaban J connectivity index is 1.47. The number of nitrogens with zero attached hydrogens (tertiary/aromatic N) is 1. The van der Waals surface area contributed by atoms with Gasteiger partial charge >= 0.3 is 5.97 Å². The van der Waals surface area contributed by atoms with Crippen LogP contribution in [0.1, 0.15) is 26.3 Å². The molecule has 3 aromatic rings. The summed E-state index contributed by atoms with van der Waals surface area (Å²) in [5.74, 6) is -0.866. The van der Waals surface area contributed by atoms with Gasteiger partial charge in [-0.15, -0.1) is 0 Å². The number of amides is 2. The number of rotatable bonds is 9. The van der Waals surface area contributed by atoms with Gasteiger partial charge in [0.05, 0.1) is 32.5 Å². The van der Waals surface area contributed by atoms with Crippen molar-refractivity contribution in [3.63, 3.8) is 0 Å². The number of halogens is 1. The zero-order valence-corrected chi connectivity index (χ0v) is 18.9. The van der Waals surface area contributed by atoms with Crippen LogP contribution in [0.15, 0.2) is 71.8 Å². The van der Waals surface area contributed by atoms with Gasteiger partial charge < -0.3 is 19.5 Å². The van der Waals surface area contributed by atoms with Crippen molar-refractivity contribution in [3.8, 4) is 17.2 Å². The molecule has 0 unspecified atom stereocenters. The van der Waals surface area contributed by atoms with E-state index in [0.29, 0.717) is 28.4 Å². The molecular weight excluding hydrogens is 457 g/mol. The minimum Gasteiger partial charge on any atom is -0.493 e. The van der Waals surface area contributed by atoms with Crippen molar-refractivity contribution < 1.29 is 33.0 Å². The Labute approximate surface area is 200 Å². The number of ether oxygens (including phenoxy) is 3. The summed E-state index contributed by atoms with van der Waals surface area (Å²) in [5.41, 5.74) is 3.44. The summed E-state index contributed by atoms with van der Waals surface area (Å²) >= 11 is 0. The largest absolute Gasteiger partial charge is 0.493 e. The van der Waals surface area contributed by atoms with Gasteiger partial charge in [-0.1, -0.05) is 0 Å². The fourth-order valence-corrected chi connectivity index (χ4v) is 2.83. The Morgan fingerprint density at radius 3 is 2.20 bits per heavy atom. The molecular formula is C25H22FN3O6. The quantitative estimate of drug-likeness (QED) is 0.211. The molecule has 0 spiro atoms. The van der Waals surface area contributed by atoms with Gasteiger partial charge in [-0.25, -0.2) is 14.6 Å². The maximum Gasteiger partial charge on any atom is 0.343 e. The summed E-state index contributed by atoms with van der Waals surface area (Å²) in [6.07, 6.45) is 1.39. The molecule has 0 bridgehead atoms. The molecule has 0 aliphatic heterocycles. The van der Waals surface area contributed by atoms with Crippen molar-refractivity contribution in [2.45, 2.75) is 0 Å². The third-order valence-electron chi connectivity index (χ3n) is 4.63. The monoisotopic (exact) mass is 479 g/mol. The van der Waals surface area contributed by atoms with Crippen LogP contribution in [0.2, 0.25) is 0 Å². The Morgan fingerprint density at radius 2 is 1.54 bits per heavy atom. The highest BCUT2D eigenvalue weighted by Gasteiger charge is 2.13. The first kappa shape index (κ1) is 24.9. The van der Waals surface area contributed by atoms with Crippen molar-refractivity contribution in [2.75, 3.05) is 20.8 Å². The molecule has 0 heterocycles. The van der Waals surface area contributed by atoms with E-state index < -0.39 is 23.6 Å². The lowest BCUT2D eigenvalue weighted by Crippen LogP contribution is -2.34. The molecule has 180 valence electrons. The molecule has 0 saturated heterocycles. The number of esters is 1. The van der Waals surface area contributed by atoms with Gasteiger partial charge in [-0.2, -0.15) is 5.10 Å². The molecule has 0 atom stereocenters. The highest BCUT2D eigenvalue weighted by Crippen LogP contribution is 2.28. The first-order valence-electron chi connectivity index (χ1n) is 10.3. The Kier molecular flexibility index (Phi) is 8.49. The van der Waals surface area contributed by atoms with Crippen LogP contribution in [-0.4, -0.2) is 44.8 Å². The lowest BCUT2D eigenvalue weighted by atomic mass is 10.2. The smallest absolute Gasteiger partial charge is 0.343 e. The molecule has 2 amide bonds. The van der Waals surface area contributed by atoms with E-state index in [-0.39, 0.29) is 12.1 Å². The van der Waals surface area contributed by atoms with Crippen LogP contribution >= 0.6 is 0 Å². The number of hydrogen-bond acceptors (Lipinski definition) is 7. The molecule has 0 aliphatic carbocycles. The molecule has 0 radical (unpaired) electrons. The zero-order chi connectivity index (χ0) is 25.2. The third-order valence-corrected chi connectivity index (χ3v) is 4.63. The lowest BCUT2D eigenvalue weighted by Gasteiger charge is -2.09. The SMILES string of the molecule is COc1ccc(C(=O)Oc2ccc(/C=N\NC(=O)CNC(=O)c3ccc(F)cc3)cc2)cc1OC. The van der Waals surface area contributed by atoms with Gasteiger partial charge in [0.2, 0.25) is 0 Å². The summed E-state index contributed by atoms with van der Waals surface area (Å²) in [5, 5.41) is 6.23. The summed E-state index contributed by atoms with van der Waals surface area (Å²) in [6.45, 7) is -0.307. The van der Waals surface area contributed by atoms with Crippen LogP contribution in [0.5, 0.6) is 17.2 Å². The zero-order valence-electron chi connectivity index (χ0n) is 18.9. The Morgan fingerprint density at radius 1 is 0.886 bits per heavy atom. The van der Waals surface area contributed by atoms with Crippen molar-refractivity contribution in [1.29, 1.82) is 0 Å². The van der Waals surface area contributed by atoms with Gasteiger partial charge in [0.25, 0.3) is 11.8 Å². The molecule has 9 nitrogen and oxygen atoms in total. The van der Waals surface area contributed by atoms with Gasteiger partial charge in [-0.3, -0.25) is 9.59 Å². The molecule has 3 rings (SSSR count). The predicted octanol–water partition coefficient (Wildman–Crippen LogP) is 2.94. The van der Waals surface area contributed by atoms with Crippen LogP contribution in [0, 0.1) is 5.82 Å². The second kappa shape index (κ2) is 11.9. The second-order valence-corrected chi connectivity index (χ2v) is 7.01. The van der Waals surface area contributed by atoms with Gasteiger partial charge in [0.1, 0.15) is 11.6 Å². The molecule has 0 saturated carbocycles. The fourth-order valence-electron chi connectivity index (χ4n) is 2.83. The maximum absolute atomic E-state index is 12.9. The first-order valence-corrected chi connectivity index (χ1v) is 10.3. The van der Waals surface area contributed by atoms with E-state index in [1.807, 2.05) is 0 Å². The van der Waals surface area contributed by atoms with Crippen LogP contribution in [-0.2, 0) is 4.79 Å². The molecule has 0 aromatic heterocycles. The van der Waals surface area contributed by atoms with Crippen LogP contribution in [0.3, 0.4) is 0 Å². The van der Waals surface area contributed by atoms with E-state index in [4.69, 9.17) is 14.2 Å². The summed E-state index contributed by atoms with van der Waals surface area (Å²) < 4.78 is 28.6. The normalized spacial score (nSPS) is 10.5. The number of carbonyl (C=O) groups excluding carboxylic acids is 3. The number of carbonyl (C=O) groups is 3. The minimum absolute atomic E-state index is 0.231. The van der Waals surface area contributed by atoms with Gasteiger partial charge in [-0.05, 0) is 72.3 Å². The molecule has 10 heteroatoms. The maximum atomic E-state index is 12.9. The van der Waals surface area contributed by atoms with Gasteiger partial charge in [0, 0.05) is 5.56 Å². The average Bonchev–Trinajstić information content (AvgIpc) is 2.88. The first-order chi connectivity index (χ1) is 16.9. The number of methoxy groups -OCH3 is 2. The topological polar surface area (TPSA) is 115 Å². The highest BCUT2D eigenvalue weighted by molar-refractivity contribution is 5.96. The Bertz CT molecular complexity index is 1230. The highest BCUT2D eigenvalue weighted by atomic mass is 19.1. The summed E-state index contributed by atoms with van der Waals surface area (Å²) in [4.78, 5) is 36.2.